The quantitative estimate of drug-likeness (QED) is 0.787. The number of pyridine rings is 1. The van der Waals surface area contributed by atoms with E-state index in [-0.39, 0.29) is 5.91 Å². The van der Waals surface area contributed by atoms with Crippen LogP contribution in [0, 0.1) is 0 Å². The monoisotopic (exact) mass is 355 g/mol. The van der Waals surface area contributed by atoms with E-state index in [0.29, 0.717) is 27.3 Å². The highest BCUT2D eigenvalue weighted by Gasteiger charge is 2.30. The van der Waals surface area contributed by atoms with Crippen LogP contribution in [0.4, 0.5) is 5.69 Å². The van der Waals surface area contributed by atoms with Gasteiger partial charge in [-0.05, 0) is 36.0 Å². The molecule has 128 valence electrons. The lowest BCUT2D eigenvalue weighted by Gasteiger charge is -2.10. The van der Waals surface area contributed by atoms with E-state index in [1.165, 1.54) is 16.7 Å². The van der Waals surface area contributed by atoms with Gasteiger partial charge in [-0.3, -0.25) is 14.7 Å². The van der Waals surface area contributed by atoms with Crippen LogP contribution >= 0.6 is 11.8 Å². The summed E-state index contributed by atoms with van der Waals surface area (Å²) in [4.78, 5) is 23.1. The highest BCUT2D eigenvalue weighted by Crippen LogP contribution is 2.37. The van der Waals surface area contributed by atoms with E-state index < -0.39 is 0 Å². The summed E-state index contributed by atoms with van der Waals surface area (Å²) in [5.41, 5.74) is 1.47. The SMILES string of the molecule is COc1cccc(/C=C2\SC(=Nc3cccnc3)N(C)C2=O)c1OC. The van der Waals surface area contributed by atoms with Crippen molar-refractivity contribution in [1.82, 2.24) is 9.88 Å². The minimum absolute atomic E-state index is 0.113. The van der Waals surface area contributed by atoms with Gasteiger partial charge >= 0.3 is 0 Å². The Hall–Kier alpha value is -2.80. The lowest BCUT2D eigenvalue weighted by atomic mass is 10.1. The molecule has 25 heavy (non-hydrogen) atoms. The number of amidine groups is 1. The van der Waals surface area contributed by atoms with Gasteiger partial charge in [-0.15, -0.1) is 0 Å². The van der Waals surface area contributed by atoms with Gasteiger partial charge in [-0.25, -0.2) is 4.99 Å². The smallest absolute Gasteiger partial charge is 0.266 e. The number of likely N-dealkylation sites (N-methyl/N-ethyl adjacent to an activating group) is 1. The zero-order chi connectivity index (χ0) is 17.8. The molecule has 0 aliphatic carbocycles. The number of nitrogens with zero attached hydrogens (tertiary/aromatic N) is 3. The molecule has 0 radical (unpaired) electrons. The van der Waals surface area contributed by atoms with Crippen molar-refractivity contribution in [2.24, 2.45) is 4.99 Å². The number of benzene rings is 1. The molecule has 0 atom stereocenters. The van der Waals surface area contributed by atoms with Gasteiger partial charge < -0.3 is 9.47 Å². The number of hydrogen-bond donors (Lipinski definition) is 0. The van der Waals surface area contributed by atoms with Gasteiger partial charge in [0.25, 0.3) is 5.91 Å². The zero-order valence-corrected chi connectivity index (χ0v) is 14.9. The molecule has 1 aliphatic heterocycles. The summed E-state index contributed by atoms with van der Waals surface area (Å²) < 4.78 is 10.7. The van der Waals surface area contributed by atoms with E-state index in [1.807, 2.05) is 24.3 Å². The highest BCUT2D eigenvalue weighted by atomic mass is 32.2. The number of amides is 1. The third-order valence-electron chi connectivity index (χ3n) is 3.59. The van der Waals surface area contributed by atoms with Crippen LogP contribution in [0.1, 0.15) is 5.56 Å². The number of thioether (sulfide) groups is 1. The van der Waals surface area contributed by atoms with Crippen molar-refractivity contribution in [3.05, 3.63) is 53.2 Å². The normalized spacial score (nSPS) is 17.4. The number of ether oxygens (including phenoxy) is 2. The predicted octanol–water partition coefficient (Wildman–Crippen LogP) is 3.33. The van der Waals surface area contributed by atoms with Crippen molar-refractivity contribution in [2.45, 2.75) is 0 Å². The summed E-state index contributed by atoms with van der Waals surface area (Å²) >= 11 is 1.31. The van der Waals surface area contributed by atoms with E-state index in [0.717, 1.165) is 5.56 Å². The Balaban J connectivity index is 1.95. The number of hydrogen-bond acceptors (Lipinski definition) is 6. The second-order valence-electron chi connectivity index (χ2n) is 5.16. The summed E-state index contributed by atoms with van der Waals surface area (Å²) in [7, 11) is 4.86. The topological polar surface area (TPSA) is 64.0 Å². The molecular formula is C18H17N3O3S. The molecule has 1 fully saturated rings. The Morgan fingerprint density at radius 2 is 2.04 bits per heavy atom. The predicted molar refractivity (Wildman–Crippen MR) is 99.2 cm³/mol. The highest BCUT2D eigenvalue weighted by molar-refractivity contribution is 8.18. The fraction of sp³-hybridized carbons (Fsp3) is 0.167. The van der Waals surface area contributed by atoms with Crippen LogP contribution in [-0.4, -0.2) is 42.2 Å². The van der Waals surface area contributed by atoms with E-state index in [4.69, 9.17) is 9.47 Å². The van der Waals surface area contributed by atoms with Gasteiger partial charge in [-0.1, -0.05) is 12.1 Å². The standard InChI is InChI=1S/C18H17N3O3S/c1-21-17(22)15(25-18(21)20-13-7-5-9-19-11-13)10-12-6-4-8-14(23-2)16(12)24-3/h4-11H,1-3H3/b15-10-,20-18?. The lowest BCUT2D eigenvalue weighted by molar-refractivity contribution is -0.121. The van der Waals surface area contributed by atoms with Crippen molar-refractivity contribution >= 4 is 34.6 Å². The Labute approximate surface area is 150 Å². The van der Waals surface area contributed by atoms with Gasteiger partial charge in [0.2, 0.25) is 0 Å². The second kappa shape index (κ2) is 7.40. The molecule has 0 N–H and O–H groups in total. The van der Waals surface area contributed by atoms with Crippen molar-refractivity contribution in [1.29, 1.82) is 0 Å². The molecule has 1 aromatic heterocycles. The van der Waals surface area contributed by atoms with Crippen molar-refractivity contribution in [3.63, 3.8) is 0 Å². The van der Waals surface area contributed by atoms with Crippen LogP contribution in [0.5, 0.6) is 11.5 Å². The summed E-state index contributed by atoms with van der Waals surface area (Å²) in [6, 6.07) is 9.18. The Morgan fingerprint density at radius 3 is 2.72 bits per heavy atom. The summed E-state index contributed by atoms with van der Waals surface area (Å²) in [6.45, 7) is 0. The van der Waals surface area contributed by atoms with Crippen LogP contribution < -0.4 is 9.47 Å². The fourth-order valence-electron chi connectivity index (χ4n) is 2.35. The van der Waals surface area contributed by atoms with Gasteiger partial charge in [0.05, 0.1) is 31.0 Å². The molecule has 0 unspecified atom stereocenters. The number of carbonyl (C=O) groups is 1. The van der Waals surface area contributed by atoms with E-state index in [9.17, 15) is 4.79 Å². The maximum atomic E-state index is 12.5. The summed E-state index contributed by atoms with van der Waals surface area (Å²) in [5.74, 6) is 1.09. The first kappa shape index (κ1) is 17.0. The van der Waals surface area contributed by atoms with Crippen LogP contribution in [0.2, 0.25) is 0 Å². The molecule has 1 aromatic carbocycles. The summed E-state index contributed by atoms with van der Waals surface area (Å²) in [6.07, 6.45) is 5.12. The minimum atomic E-state index is -0.113. The van der Waals surface area contributed by atoms with Crippen molar-refractivity contribution in [2.75, 3.05) is 21.3 Å². The number of carbonyl (C=O) groups excluding carboxylic acids is 1. The Kier molecular flexibility index (Phi) is 5.04. The average molecular weight is 355 g/mol. The van der Waals surface area contributed by atoms with Crippen molar-refractivity contribution in [3.8, 4) is 11.5 Å². The van der Waals surface area contributed by atoms with E-state index in [1.54, 1.807) is 45.8 Å². The van der Waals surface area contributed by atoms with Crippen LogP contribution in [0.25, 0.3) is 6.08 Å². The lowest BCUT2D eigenvalue weighted by Crippen LogP contribution is -2.23. The molecule has 0 spiro atoms. The summed E-state index contributed by atoms with van der Waals surface area (Å²) in [5, 5.41) is 0.603. The minimum Gasteiger partial charge on any atom is -0.493 e. The maximum absolute atomic E-state index is 12.5. The number of rotatable bonds is 4. The molecule has 2 heterocycles. The molecule has 7 heteroatoms. The Morgan fingerprint density at radius 1 is 1.20 bits per heavy atom. The molecule has 1 saturated heterocycles. The molecule has 2 aromatic rings. The number of methoxy groups -OCH3 is 2. The van der Waals surface area contributed by atoms with Crippen LogP contribution in [-0.2, 0) is 4.79 Å². The molecule has 1 amide bonds. The number of aromatic nitrogens is 1. The van der Waals surface area contributed by atoms with Crippen LogP contribution in [0.15, 0.2) is 52.6 Å². The van der Waals surface area contributed by atoms with E-state index in [2.05, 4.69) is 9.98 Å². The molecule has 6 nitrogen and oxygen atoms in total. The first-order chi connectivity index (χ1) is 12.1. The molecule has 0 bridgehead atoms. The average Bonchev–Trinajstić information content (AvgIpc) is 2.90. The first-order valence-corrected chi connectivity index (χ1v) is 8.33. The fourth-order valence-corrected chi connectivity index (χ4v) is 3.33. The van der Waals surface area contributed by atoms with E-state index >= 15 is 0 Å². The molecular weight excluding hydrogens is 338 g/mol. The maximum Gasteiger partial charge on any atom is 0.266 e. The van der Waals surface area contributed by atoms with Gasteiger partial charge in [-0.2, -0.15) is 0 Å². The second-order valence-corrected chi connectivity index (χ2v) is 6.17. The third kappa shape index (κ3) is 3.51. The molecule has 0 saturated carbocycles. The Bertz CT molecular complexity index is 850. The van der Waals surface area contributed by atoms with Gasteiger partial charge in [0.1, 0.15) is 0 Å². The van der Waals surface area contributed by atoms with Crippen molar-refractivity contribution < 1.29 is 14.3 Å². The molecule has 1 aliphatic rings. The largest absolute Gasteiger partial charge is 0.493 e. The van der Waals surface area contributed by atoms with Crippen LogP contribution in [0.3, 0.4) is 0 Å². The first-order valence-electron chi connectivity index (χ1n) is 7.51. The van der Waals surface area contributed by atoms with Gasteiger partial charge in [0.15, 0.2) is 16.7 Å². The third-order valence-corrected chi connectivity index (χ3v) is 4.65. The number of aliphatic imine (C=N–C) groups is 1. The number of para-hydroxylation sites is 1. The molecule has 3 rings (SSSR count). The van der Waals surface area contributed by atoms with Gasteiger partial charge in [0, 0.05) is 18.8 Å². The zero-order valence-electron chi connectivity index (χ0n) is 14.1.